The highest BCUT2D eigenvalue weighted by molar-refractivity contribution is 7.18. The average Bonchev–Trinajstić information content (AvgIpc) is 3.58. The molecule has 0 bridgehead atoms. The number of alkyl halides is 3. The van der Waals surface area contributed by atoms with Crippen molar-refractivity contribution in [3.63, 3.8) is 0 Å². The lowest BCUT2D eigenvalue weighted by molar-refractivity contribution is -0.274. The van der Waals surface area contributed by atoms with E-state index in [1.165, 1.54) is 23.5 Å². The number of para-hydroxylation sites is 1. The van der Waals surface area contributed by atoms with E-state index in [4.69, 9.17) is 9.72 Å². The summed E-state index contributed by atoms with van der Waals surface area (Å²) in [5.41, 5.74) is 6.08. The number of anilines is 3. The average molecular weight is 731 g/mol. The predicted molar refractivity (Wildman–Crippen MR) is 195 cm³/mol. The summed E-state index contributed by atoms with van der Waals surface area (Å²) in [6.45, 7) is 8.93. The number of rotatable bonds is 11. The maximum Gasteiger partial charge on any atom is 0.573 e. The summed E-state index contributed by atoms with van der Waals surface area (Å²) in [4.78, 5) is 22.2. The number of benzene rings is 3. The number of hydrogen-bond acceptors (Lipinski definition) is 10. The summed E-state index contributed by atoms with van der Waals surface area (Å²) >= 11 is 1.42. The van der Waals surface area contributed by atoms with E-state index in [1.54, 1.807) is 19.1 Å². The number of halogens is 3. The van der Waals surface area contributed by atoms with Crippen LogP contribution in [-0.4, -0.2) is 80.9 Å². The Bertz CT molecular complexity index is 2230. The van der Waals surface area contributed by atoms with Gasteiger partial charge in [0.05, 0.1) is 29.0 Å². The fourth-order valence-corrected chi connectivity index (χ4v) is 7.68. The number of aromatic nitrogens is 5. The topological polar surface area (TPSA) is 103 Å². The van der Waals surface area contributed by atoms with Gasteiger partial charge in [-0.15, -0.1) is 23.4 Å². The Morgan fingerprint density at radius 2 is 1.75 bits per heavy atom. The van der Waals surface area contributed by atoms with Crippen LogP contribution >= 0.6 is 11.3 Å². The Hall–Kier alpha value is -5.15. The molecule has 270 valence electrons. The molecule has 0 atom stereocenters. The molecule has 4 heterocycles. The van der Waals surface area contributed by atoms with Gasteiger partial charge in [0, 0.05) is 60.4 Å². The number of imidazole rings is 1. The van der Waals surface area contributed by atoms with E-state index < -0.39 is 6.36 Å². The summed E-state index contributed by atoms with van der Waals surface area (Å²) in [6.07, 6.45) is -0.837. The monoisotopic (exact) mass is 730 g/mol. The number of fused-ring (bicyclic) bond motifs is 2. The normalized spacial score (nSPS) is 15.4. The van der Waals surface area contributed by atoms with Crippen molar-refractivity contribution in [2.45, 2.75) is 45.6 Å². The van der Waals surface area contributed by atoms with Gasteiger partial charge in [-0.1, -0.05) is 36.5 Å². The SMILES string of the molecule is CCOC(=O)Cn1cc(-c2nnc(Nc3cc4nc(-c5ccc(OC(F)(F)F)cc5)n(C5CC5)c4cc3N3CCN(CC)CC3)s2)c2ccccc21. The number of ether oxygens (including phenoxy) is 2. The molecule has 0 spiro atoms. The molecule has 1 saturated carbocycles. The lowest BCUT2D eigenvalue weighted by atomic mass is 10.2. The number of piperazine rings is 1. The molecule has 3 aromatic heterocycles. The van der Waals surface area contributed by atoms with Gasteiger partial charge in [-0.3, -0.25) is 4.79 Å². The maximum absolute atomic E-state index is 12.9. The first-order valence-corrected chi connectivity index (χ1v) is 18.2. The number of nitrogens with one attached hydrogen (secondary N) is 1. The number of likely N-dealkylation sites (N-methyl/N-ethyl adjacent to an activating group) is 1. The molecule has 6 aromatic rings. The number of nitrogens with zero attached hydrogens (tertiary/aromatic N) is 7. The third-order valence-corrected chi connectivity index (χ3v) is 10.4. The van der Waals surface area contributed by atoms with Gasteiger partial charge in [0.25, 0.3) is 0 Å². The van der Waals surface area contributed by atoms with Gasteiger partial charge >= 0.3 is 12.3 Å². The lowest BCUT2D eigenvalue weighted by Crippen LogP contribution is -2.46. The molecule has 8 rings (SSSR count). The summed E-state index contributed by atoms with van der Waals surface area (Å²) in [6, 6.07) is 18.2. The van der Waals surface area contributed by atoms with E-state index in [2.05, 4.69) is 47.6 Å². The van der Waals surface area contributed by atoms with Gasteiger partial charge < -0.3 is 33.7 Å². The predicted octanol–water partition coefficient (Wildman–Crippen LogP) is 7.86. The fourth-order valence-electron chi connectivity index (χ4n) is 6.90. The fraction of sp³-hybridized carbons (Fsp3) is 0.351. The van der Waals surface area contributed by atoms with Crippen molar-refractivity contribution in [1.82, 2.24) is 29.2 Å². The highest BCUT2D eigenvalue weighted by Crippen LogP contribution is 2.44. The summed E-state index contributed by atoms with van der Waals surface area (Å²) in [5.74, 6) is 0.120. The van der Waals surface area contributed by atoms with Crippen molar-refractivity contribution < 1.29 is 27.4 Å². The third-order valence-electron chi connectivity index (χ3n) is 9.52. The Morgan fingerprint density at radius 3 is 2.46 bits per heavy atom. The molecular weight excluding hydrogens is 694 g/mol. The zero-order valence-corrected chi connectivity index (χ0v) is 29.5. The molecule has 2 aliphatic rings. The number of hydrogen-bond donors (Lipinski definition) is 1. The van der Waals surface area contributed by atoms with E-state index in [9.17, 15) is 18.0 Å². The maximum atomic E-state index is 12.9. The molecule has 1 aliphatic heterocycles. The van der Waals surface area contributed by atoms with Gasteiger partial charge in [0.1, 0.15) is 18.1 Å². The van der Waals surface area contributed by atoms with Crippen molar-refractivity contribution in [1.29, 1.82) is 0 Å². The Morgan fingerprint density at radius 1 is 0.981 bits per heavy atom. The molecule has 0 amide bonds. The molecule has 15 heteroatoms. The standard InChI is InChI=1S/C37H37F3N8O3S/c1-3-45-15-17-46(18-16-45)31-20-32-29(41-34(48(32)24-11-12-24)23-9-13-25(14-10-23)51-37(38,39)40)19-28(31)42-36-44-43-35(52-36)27-21-47(22-33(49)50-4-2)30-8-6-5-7-26(27)30/h5-10,13-14,19-21,24H,3-4,11-12,15-18,22H2,1-2H3,(H,42,44). The van der Waals surface area contributed by atoms with Gasteiger partial charge in [-0.05, 0) is 68.8 Å². The molecule has 11 nitrogen and oxygen atoms in total. The van der Waals surface area contributed by atoms with Crippen LogP contribution in [-0.2, 0) is 16.1 Å². The Kier molecular flexibility index (Phi) is 8.99. The minimum absolute atomic E-state index is 0.0912. The minimum Gasteiger partial charge on any atom is -0.465 e. The lowest BCUT2D eigenvalue weighted by Gasteiger charge is -2.36. The van der Waals surface area contributed by atoms with Gasteiger partial charge in [0.15, 0.2) is 5.01 Å². The highest BCUT2D eigenvalue weighted by atomic mass is 32.1. The second-order valence-electron chi connectivity index (χ2n) is 12.9. The second kappa shape index (κ2) is 13.8. The van der Waals surface area contributed by atoms with E-state index in [0.717, 1.165) is 84.4 Å². The molecule has 0 unspecified atom stereocenters. The van der Waals surface area contributed by atoms with Crippen LogP contribution in [0.25, 0.3) is 43.9 Å². The van der Waals surface area contributed by atoms with Crippen LogP contribution in [0.5, 0.6) is 5.75 Å². The smallest absolute Gasteiger partial charge is 0.465 e. The molecular formula is C37H37F3N8O3S. The van der Waals surface area contributed by atoms with Crippen LogP contribution < -0.4 is 15.0 Å². The first kappa shape index (κ1) is 34.0. The molecule has 0 radical (unpaired) electrons. The molecule has 1 N–H and O–H groups in total. The van der Waals surface area contributed by atoms with Crippen molar-refractivity contribution in [2.24, 2.45) is 0 Å². The van der Waals surface area contributed by atoms with E-state index >= 15 is 0 Å². The minimum atomic E-state index is -4.76. The van der Waals surface area contributed by atoms with Crippen LogP contribution in [0.1, 0.15) is 32.7 Å². The largest absolute Gasteiger partial charge is 0.573 e. The quantitative estimate of drug-likeness (QED) is 0.134. The summed E-state index contributed by atoms with van der Waals surface area (Å²) < 4.78 is 52.0. The van der Waals surface area contributed by atoms with Crippen molar-refractivity contribution >= 4 is 55.7 Å². The first-order valence-electron chi connectivity index (χ1n) is 17.4. The molecule has 52 heavy (non-hydrogen) atoms. The van der Waals surface area contributed by atoms with Gasteiger partial charge in [0.2, 0.25) is 5.13 Å². The molecule has 1 aliphatic carbocycles. The highest BCUT2D eigenvalue weighted by Gasteiger charge is 2.32. The number of carbonyl (C=O) groups excluding carboxylic acids is 1. The van der Waals surface area contributed by atoms with Crippen molar-refractivity contribution in [3.8, 4) is 27.7 Å². The third kappa shape index (κ3) is 6.89. The Labute approximate surface area is 301 Å². The van der Waals surface area contributed by atoms with Gasteiger partial charge in [-0.25, -0.2) is 4.98 Å². The van der Waals surface area contributed by atoms with E-state index in [-0.39, 0.29) is 24.3 Å². The second-order valence-corrected chi connectivity index (χ2v) is 13.9. The van der Waals surface area contributed by atoms with Crippen molar-refractivity contribution in [2.75, 3.05) is 49.5 Å². The molecule has 3 aromatic carbocycles. The molecule has 1 saturated heterocycles. The van der Waals surface area contributed by atoms with Gasteiger partial charge in [-0.2, -0.15) is 0 Å². The summed E-state index contributed by atoms with van der Waals surface area (Å²) in [5, 5.41) is 14.9. The van der Waals surface area contributed by atoms with Crippen LogP contribution in [0.2, 0.25) is 0 Å². The van der Waals surface area contributed by atoms with Crippen LogP contribution in [0.15, 0.2) is 66.9 Å². The van der Waals surface area contributed by atoms with Crippen LogP contribution in [0, 0.1) is 0 Å². The van der Waals surface area contributed by atoms with Crippen LogP contribution in [0.4, 0.5) is 29.7 Å². The van der Waals surface area contributed by atoms with E-state index in [1.807, 2.05) is 41.1 Å². The van der Waals surface area contributed by atoms with E-state index in [0.29, 0.717) is 28.1 Å². The number of carbonyl (C=O) groups is 1. The number of esters is 1. The zero-order valence-electron chi connectivity index (χ0n) is 28.7. The van der Waals surface area contributed by atoms with Crippen molar-refractivity contribution in [3.05, 3.63) is 66.9 Å². The van der Waals surface area contributed by atoms with Crippen LogP contribution in [0.3, 0.4) is 0 Å². The molecule has 2 fully saturated rings. The zero-order chi connectivity index (χ0) is 36.0. The first-order chi connectivity index (χ1) is 25.2. The summed E-state index contributed by atoms with van der Waals surface area (Å²) in [7, 11) is 0. The Balaban J connectivity index is 1.16.